The number of hydrogen-bond acceptors (Lipinski definition) is 8. The van der Waals surface area contributed by atoms with E-state index in [1.807, 2.05) is 0 Å². The third-order valence-corrected chi connectivity index (χ3v) is 5.90. The second kappa shape index (κ2) is 16.2. The number of benzene rings is 1. The second-order valence-electron chi connectivity index (χ2n) is 9.45. The molecule has 0 heterocycles. The van der Waals surface area contributed by atoms with E-state index in [1.54, 1.807) is 26.0 Å². The number of carboxylic acids is 1. The molecule has 0 saturated heterocycles. The summed E-state index contributed by atoms with van der Waals surface area (Å²) in [5.41, 5.74) is 17.1. The highest BCUT2D eigenvalue weighted by Gasteiger charge is 2.31. The molecule has 0 aliphatic carbocycles. The van der Waals surface area contributed by atoms with Crippen LogP contribution in [0, 0.1) is 5.92 Å². The van der Waals surface area contributed by atoms with E-state index >= 15 is 0 Å². The van der Waals surface area contributed by atoms with Gasteiger partial charge in [-0.25, -0.2) is 4.79 Å². The number of unbranched alkanes of at least 4 members (excludes halogenated alkanes) is 1. The van der Waals surface area contributed by atoms with Gasteiger partial charge in [0, 0.05) is 12.8 Å². The summed E-state index contributed by atoms with van der Waals surface area (Å²) in [6, 6.07) is 1.38. The maximum absolute atomic E-state index is 13.3. The van der Waals surface area contributed by atoms with Crippen molar-refractivity contribution in [2.45, 2.75) is 76.5 Å². The van der Waals surface area contributed by atoms with Crippen LogP contribution in [-0.2, 0) is 30.4 Å². The van der Waals surface area contributed by atoms with Gasteiger partial charge in [0.2, 0.25) is 23.6 Å². The predicted molar refractivity (Wildman–Crippen MR) is 139 cm³/mol. The molecule has 13 heteroatoms. The van der Waals surface area contributed by atoms with Gasteiger partial charge in [-0.2, -0.15) is 0 Å². The molecular formula is C25H40N6O7. The van der Waals surface area contributed by atoms with Crippen molar-refractivity contribution in [3.05, 3.63) is 29.8 Å². The van der Waals surface area contributed by atoms with E-state index in [-0.39, 0.29) is 37.4 Å². The molecule has 4 amide bonds. The minimum absolute atomic E-state index is 0.000325. The Bertz CT molecular complexity index is 954. The smallest absolute Gasteiger partial charge is 0.326 e. The fourth-order valence-corrected chi connectivity index (χ4v) is 3.50. The highest BCUT2D eigenvalue weighted by Crippen LogP contribution is 2.13. The van der Waals surface area contributed by atoms with Crippen LogP contribution in [0.2, 0.25) is 0 Å². The highest BCUT2D eigenvalue weighted by atomic mass is 16.4. The molecule has 1 aromatic rings. The van der Waals surface area contributed by atoms with E-state index in [0.29, 0.717) is 24.9 Å². The third-order valence-electron chi connectivity index (χ3n) is 5.90. The fraction of sp³-hybridized carbons (Fsp3) is 0.560. The van der Waals surface area contributed by atoms with Crippen LogP contribution in [0.25, 0.3) is 0 Å². The summed E-state index contributed by atoms with van der Waals surface area (Å²) >= 11 is 0. The summed E-state index contributed by atoms with van der Waals surface area (Å²) in [6.07, 6.45) is 0.819. The molecule has 13 nitrogen and oxygen atoms in total. The number of hydrogen-bond donors (Lipinski definition) is 8. The number of aliphatic carboxylic acids is 1. The third kappa shape index (κ3) is 11.6. The van der Waals surface area contributed by atoms with E-state index in [1.165, 1.54) is 12.1 Å². The molecule has 0 bridgehead atoms. The number of nitrogens with two attached hydrogens (primary N) is 3. The zero-order valence-electron chi connectivity index (χ0n) is 21.8. The van der Waals surface area contributed by atoms with Crippen molar-refractivity contribution in [3.63, 3.8) is 0 Å². The number of carboxylic acid groups (broad SMARTS) is 1. The van der Waals surface area contributed by atoms with Gasteiger partial charge in [0.1, 0.15) is 23.9 Å². The van der Waals surface area contributed by atoms with E-state index < -0.39 is 53.8 Å². The van der Waals surface area contributed by atoms with E-state index in [9.17, 15) is 34.2 Å². The summed E-state index contributed by atoms with van der Waals surface area (Å²) in [5.74, 6) is -4.27. The maximum Gasteiger partial charge on any atom is 0.326 e. The van der Waals surface area contributed by atoms with Crippen molar-refractivity contribution in [2.75, 3.05) is 6.54 Å². The van der Waals surface area contributed by atoms with Crippen molar-refractivity contribution >= 4 is 29.6 Å². The summed E-state index contributed by atoms with van der Waals surface area (Å²) < 4.78 is 0. The average Bonchev–Trinajstić information content (AvgIpc) is 2.85. The number of carbonyl (C=O) groups is 5. The lowest BCUT2D eigenvalue weighted by Crippen LogP contribution is -2.58. The van der Waals surface area contributed by atoms with Crippen LogP contribution in [0.5, 0.6) is 5.75 Å². The Morgan fingerprint density at radius 3 is 1.92 bits per heavy atom. The Labute approximate surface area is 221 Å². The van der Waals surface area contributed by atoms with Gasteiger partial charge in [-0.05, 0) is 55.8 Å². The van der Waals surface area contributed by atoms with Gasteiger partial charge in [0.15, 0.2) is 0 Å². The Balaban J connectivity index is 3.16. The molecule has 1 aromatic carbocycles. The standard InChI is InChI=1S/C25H40N6O7/c1-14(2)21(28)24(36)29-17(5-3-4-12-26)22(34)31-19(13-15-6-8-16(32)9-7-15)23(35)30-18(25(37)38)10-11-20(27)33/h6-9,14,17-19,21,32H,3-5,10-13,26,28H2,1-2H3,(H2,27,33)(H,29,36)(H,30,35)(H,31,34)(H,37,38). The van der Waals surface area contributed by atoms with Crippen LogP contribution >= 0.6 is 0 Å². The molecule has 0 aromatic heterocycles. The largest absolute Gasteiger partial charge is 0.508 e. The summed E-state index contributed by atoms with van der Waals surface area (Å²) in [6.45, 7) is 3.92. The minimum Gasteiger partial charge on any atom is -0.508 e. The zero-order chi connectivity index (χ0) is 28.8. The first kappa shape index (κ1) is 32.3. The molecule has 4 atom stereocenters. The van der Waals surface area contributed by atoms with Crippen molar-refractivity contribution in [3.8, 4) is 5.75 Å². The molecule has 4 unspecified atom stereocenters. The SMILES string of the molecule is CC(C)C(N)C(=O)NC(CCCCN)C(=O)NC(Cc1ccc(O)cc1)C(=O)NC(CCC(N)=O)C(=O)O. The van der Waals surface area contributed by atoms with Crippen molar-refractivity contribution in [2.24, 2.45) is 23.1 Å². The Hall–Kier alpha value is -3.71. The van der Waals surface area contributed by atoms with E-state index in [0.717, 1.165) is 0 Å². The van der Waals surface area contributed by atoms with Crippen LogP contribution in [-0.4, -0.2) is 70.5 Å². The van der Waals surface area contributed by atoms with Crippen LogP contribution in [0.3, 0.4) is 0 Å². The zero-order valence-corrected chi connectivity index (χ0v) is 21.8. The van der Waals surface area contributed by atoms with Crippen LogP contribution in [0.4, 0.5) is 0 Å². The number of phenols is 1. The minimum atomic E-state index is -1.42. The number of phenolic OH excluding ortho intramolecular Hbond substituents is 1. The molecule has 11 N–H and O–H groups in total. The van der Waals surface area contributed by atoms with Crippen molar-refractivity contribution in [1.29, 1.82) is 0 Å². The molecule has 1 rings (SSSR count). The van der Waals surface area contributed by atoms with Crippen LogP contribution in [0.1, 0.15) is 51.5 Å². The first-order valence-corrected chi connectivity index (χ1v) is 12.5. The molecule has 212 valence electrons. The molecule has 38 heavy (non-hydrogen) atoms. The Morgan fingerprint density at radius 2 is 1.39 bits per heavy atom. The van der Waals surface area contributed by atoms with Gasteiger partial charge < -0.3 is 43.4 Å². The van der Waals surface area contributed by atoms with Gasteiger partial charge >= 0.3 is 5.97 Å². The van der Waals surface area contributed by atoms with Gasteiger partial charge in [0.05, 0.1) is 6.04 Å². The number of carbonyl (C=O) groups excluding carboxylic acids is 4. The lowest BCUT2D eigenvalue weighted by atomic mass is 10.0. The summed E-state index contributed by atoms with van der Waals surface area (Å²) in [7, 11) is 0. The molecule has 0 aliphatic rings. The van der Waals surface area contributed by atoms with Crippen molar-refractivity contribution in [1.82, 2.24) is 16.0 Å². The molecule has 0 spiro atoms. The van der Waals surface area contributed by atoms with Gasteiger partial charge in [-0.3, -0.25) is 19.2 Å². The molecular weight excluding hydrogens is 496 g/mol. The van der Waals surface area contributed by atoms with Crippen LogP contribution < -0.4 is 33.2 Å². The Morgan fingerprint density at radius 1 is 0.842 bits per heavy atom. The molecule has 0 aliphatic heterocycles. The normalized spacial score (nSPS) is 14.1. The van der Waals surface area contributed by atoms with Gasteiger partial charge in [-0.15, -0.1) is 0 Å². The first-order chi connectivity index (χ1) is 17.8. The number of amides is 4. The quantitative estimate of drug-likeness (QED) is 0.112. The monoisotopic (exact) mass is 536 g/mol. The lowest BCUT2D eigenvalue weighted by Gasteiger charge is -2.26. The summed E-state index contributed by atoms with van der Waals surface area (Å²) in [5, 5.41) is 26.6. The van der Waals surface area contributed by atoms with Crippen LogP contribution in [0.15, 0.2) is 24.3 Å². The van der Waals surface area contributed by atoms with E-state index in [4.69, 9.17) is 17.2 Å². The molecule has 0 radical (unpaired) electrons. The average molecular weight is 537 g/mol. The fourth-order valence-electron chi connectivity index (χ4n) is 3.50. The second-order valence-corrected chi connectivity index (χ2v) is 9.45. The topological polar surface area (TPSA) is 240 Å². The number of primary amides is 1. The first-order valence-electron chi connectivity index (χ1n) is 12.5. The summed E-state index contributed by atoms with van der Waals surface area (Å²) in [4.78, 5) is 61.7. The highest BCUT2D eigenvalue weighted by molar-refractivity contribution is 5.94. The maximum atomic E-state index is 13.3. The van der Waals surface area contributed by atoms with Gasteiger partial charge in [0.25, 0.3) is 0 Å². The van der Waals surface area contributed by atoms with Crippen molar-refractivity contribution < 1.29 is 34.2 Å². The Kier molecular flexibility index (Phi) is 13.8. The predicted octanol–water partition coefficient (Wildman–Crippen LogP) is -1.15. The van der Waals surface area contributed by atoms with E-state index in [2.05, 4.69) is 16.0 Å². The molecule has 0 fully saturated rings. The molecule has 0 saturated carbocycles. The number of aromatic hydroxyl groups is 1. The number of nitrogens with one attached hydrogen (secondary N) is 3. The number of rotatable bonds is 17. The lowest BCUT2D eigenvalue weighted by molar-refractivity contribution is -0.142. The van der Waals surface area contributed by atoms with Gasteiger partial charge in [-0.1, -0.05) is 26.0 Å².